The van der Waals surface area contributed by atoms with Crippen LogP contribution in [0, 0.1) is 13.8 Å². The molecule has 0 unspecified atom stereocenters. The molecular formula is C74H66N4. The summed E-state index contributed by atoms with van der Waals surface area (Å²) in [6, 6.07) is 74.8. The number of hydrogen-bond donors (Lipinski definition) is 0. The first-order chi connectivity index (χ1) is 38.3. The zero-order chi connectivity index (χ0) is 52.8. The van der Waals surface area contributed by atoms with Crippen LogP contribution in [0.4, 0.5) is 0 Å². The zero-order valence-corrected chi connectivity index (χ0v) is 45.9. The van der Waals surface area contributed by atoms with Crippen LogP contribution in [0.25, 0.3) is 143 Å². The zero-order valence-electron chi connectivity index (χ0n) is 45.9. The third-order valence-electron chi connectivity index (χ3n) is 17.3. The van der Waals surface area contributed by atoms with Gasteiger partial charge in [-0.15, -0.1) is 0 Å². The Morgan fingerprint density at radius 1 is 0.231 bits per heavy atom. The molecule has 0 radical (unpaired) electrons. The highest BCUT2D eigenvalue weighted by Gasteiger charge is 2.22. The van der Waals surface area contributed by atoms with Crippen molar-refractivity contribution < 1.29 is 0 Å². The van der Waals surface area contributed by atoms with Crippen molar-refractivity contribution in [2.45, 2.75) is 93.4 Å². The number of para-hydroxylation sites is 4. The summed E-state index contributed by atoms with van der Waals surface area (Å²) in [5.74, 6) is 0. The van der Waals surface area contributed by atoms with Gasteiger partial charge in [0.05, 0.1) is 0 Å². The summed E-state index contributed by atoms with van der Waals surface area (Å²) in [6.07, 6.45) is 4.31. The quantitative estimate of drug-likeness (QED) is 0.110. The molecule has 0 aliphatic rings. The molecule has 0 atom stereocenters. The van der Waals surface area contributed by atoms with Gasteiger partial charge in [-0.3, -0.25) is 0 Å². The highest BCUT2D eigenvalue weighted by atomic mass is 15.0. The van der Waals surface area contributed by atoms with Gasteiger partial charge in [-0.1, -0.05) is 125 Å². The maximum absolute atomic E-state index is 2.52. The fourth-order valence-electron chi connectivity index (χ4n) is 13.7. The van der Waals surface area contributed by atoms with E-state index < -0.39 is 0 Å². The molecule has 0 spiro atoms. The predicted molar refractivity (Wildman–Crippen MR) is 336 cm³/mol. The van der Waals surface area contributed by atoms with Crippen LogP contribution in [-0.4, -0.2) is 18.3 Å². The van der Waals surface area contributed by atoms with E-state index in [0.717, 1.165) is 51.9 Å². The summed E-state index contributed by atoms with van der Waals surface area (Å²) in [7, 11) is 0. The van der Waals surface area contributed by atoms with Gasteiger partial charge >= 0.3 is 0 Å². The standard InChI is InChI=1S/C74H66N4/c1-7-35-75-67-23-15-11-19-55(67)63-39-49(27-31-71(63)75)53-43-59(51-29-33-73-65(41-51)57-21-13-17-25-69(57)77(73)37-9-3)47(5)61(45-53)62-46-54(50-28-32-72-64(40-50)56-20-12-16-24-68(56)76(72)36-8-2)44-60(48(62)6)52-30-34-74-66(42-52)58-22-14-18-26-70(58)78(74)38-10-4/h11-34,39-46H,7-10,35-38H2,1-6H3. The number of nitrogens with zero attached hydrogens (tertiary/aromatic N) is 4. The minimum atomic E-state index is 0.985. The number of aromatic nitrogens is 4. The molecule has 4 aromatic heterocycles. The van der Waals surface area contributed by atoms with Crippen molar-refractivity contribution in [3.63, 3.8) is 0 Å². The molecule has 0 N–H and O–H groups in total. The number of hydrogen-bond acceptors (Lipinski definition) is 0. The fourth-order valence-corrected chi connectivity index (χ4v) is 13.7. The summed E-state index contributed by atoms with van der Waals surface area (Å²) < 4.78 is 10.1. The molecule has 0 amide bonds. The van der Waals surface area contributed by atoms with Crippen LogP contribution in [0.1, 0.15) is 64.5 Å². The summed E-state index contributed by atoms with van der Waals surface area (Å²) in [5, 5.41) is 10.4. The van der Waals surface area contributed by atoms with Crippen LogP contribution < -0.4 is 0 Å². The molecular weight excluding hydrogens is 945 g/mol. The Balaban J connectivity index is 1.05. The summed E-state index contributed by atoms with van der Waals surface area (Å²) >= 11 is 0. The maximum Gasteiger partial charge on any atom is 0.0491 e. The molecule has 14 aromatic rings. The van der Waals surface area contributed by atoms with E-state index >= 15 is 0 Å². The lowest BCUT2D eigenvalue weighted by molar-refractivity contribution is 0.724. The minimum absolute atomic E-state index is 0.985. The van der Waals surface area contributed by atoms with E-state index in [1.807, 2.05) is 0 Å². The second-order valence-corrected chi connectivity index (χ2v) is 22.0. The van der Waals surface area contributed by atoms with Crippen LogP contribution in [-0.2, 0) is 26.2 Å². The molecule has 0 bridgehead atoms. The largest absolute Gasteiger partial charge is 0.340 e. The third-order valence-corrected chi connectivity index (χ3v) is 17.3. The smallest absolute Gasteiger partial charge is 0.0491 e. The molecule has 0 fully saturated rings. The molecule has 0 aliphatic heterocycles. The molecule has 14 rings (SSSR count). The van der Waals surface area contributed by atoms with Crippen molar-refractivity contribution in [1.82, 2.24) is 18.3 Å². The molecule has 78 heavy (non-hydrogen) atoms. The highest BCUT2D eigenvalue weighted by Crippen LogP contribution is 2.46. The van der Waals surface area contributed by atoms with E-state index in [2.05, 4.69) is 254 Å². The molecule has 0 saturated heterocycles. The Kier molecular flexibility index (Phi) is 11.7. The maximum atomic E-state index is 2.52. The summed E-state index contributed by atoms with van der Waals surface area (Å²) in [4.78, 5) is 0. The van der Waals surface area contributed by atoms with Gasteiger partial charge in [-0.2, -0.15) is 0 Å². The summed E-state index contributed by atoms with van der Waals surface area (Å²) in [6.45, 7) is 17.8. The van der Waals surface area contributed by atoms with Crippen molar-refractivity contribution in [3.05, 3.63) is 205 Å². The van der Waals surface area contributed by atoms with Gasteiger partial charge in [0.1, 0.15) is 0 Å². The Morgan fingerprint density at radius 3 is 0.769 bits per heavy atom. The van der Waals surface area contributed by atoms with E-state index in [4.69, 9.17) is 0 Å². The lowest BCUT2D eigenvalue weighted by Gasteiger charge is -2.21. The molecule has 382 valence electrons. The van der Waals surface area contributed by atoms with Crippen molar-refractivity contribution >= 4 is 87.2 Å². The van der Waals surface area contributed by atoms with Crippen molar-refractivity contribution in [1.29, 1.82) is 0 Å². The number of fused-ring (bicyclic) bond motifs is 12. The van der Waals surface area contributed by atoms with Gasteiger partial charge in [0, 0.05) is 113 Å². The third kappa shape index (κ3) is 7.47. The first-order valence-corrected chi connectivity index (χ1v) is 28.7. The van der Waals surface area contributed by atoms with E-state index in [1.165, 1.54) is 154 Å². The fraction of sp³-hybridized carbons (Fsp3) is 0.189. The van der Waals surface area contributed by atoms with Gasteiger partial charge in [0.2, 0.25) is 0 Å². The molecule has 0 aliphatic carbocycles. The average Bonchev–Trinajstić information content (AvgIpc) is 4.19. The van der Waals surface area contributed by atoms with Gasteiger partial charge in [-0.05, 0) is 203 Å². The van der Waals surface area contributed by atoms with Crippen LogP contribution in [0.15, 0.2) is 194 Å². The van der Waals surface area contributed by atoms with E-state index in [-0.39, 0.29) is 0 Å². The van der Waals surface area contributed by atoms with Crippen LogP contribution in [0.3, 0.4) is 0 Å². The number of aryl methyl sites for hydroxylation is 4. The molecule has 0 saturated carbocycles. The average molecular weight is 1010 g/mol. The number of rotatable bonds is 13. The van der Waals surface area contributed by atoms with Crippen LogP contribution in [0.5, 0.6) is 0 Å². The van der Waals surface area contributed by atoms with Crippen molar-refractivity contribution in [3.8, 4) is 55.6 Å². The predicted octanol–water partition coefficient (Wildman–Crippen LogP) is 20.7. The normalized spacial score (nSPS) is 12.1. The van der Waals surface area contributed by atoms with Crippen molar-refractivity contribution in [2.75, 3.05) is 0 Å². The van der Waals surface area contributed by atoms with E-state index in [1.54, 1.807) is 0 Å². The lowest BCUT2D eigenvalue weighted by Crippen LogP contribution is -1.98. The Bertz CT molecular complexity index is 4400. The number of benzene rings is 10. The first kappa shape index (κ1) is 47.8. The second-order valence-electron chi connectivity index (χ2n) is 22.0. The SMILES string of the molecule is CCCn1c2ccccc2c2cc(-c3cc(-c4ccc5c(c4)c4ccccc4n5CCC)c(C)c(-c4cc(-c5ccc6c(c5)c5ccccc5n6CCC)cc(-c5ccc6c(c5)c5ccccc5n6CCC)c4C)c3)ccc21. The molecule has 4 heterocycles. The van der Waals surface area contributed by atoms with Gasteiger partial charge in [0.25, 0.3) is 0 Å². The highest BCUT2D eigenvalue weighted by molar-refractivity contribution is 6.13. The summed E-state index contributed by atoms with van der Waals surface area (Å²) in [5.41, 5.74) is 25.3. The second kappa shape index (κ2) is 19.1. The first-order valence-electron chi connectivity index (χ1n) is 28.7. The van der Waals surface area contributed by atoms with Crippen LogP contribution >= 0.6 is 0 Å². The molecule has 10 aromatic carbocycles. The molecule has 4 heteroatoms. The van der Waals surface area contributed by atoms with Crippen molar-refractivity contribution in [2.24, 2.45) is 0 Å². The Labute approximate surface area is 457 Å². The van der Waals surface area contributed by atoms with Gasteiger partial charge < -0.3 is 18.3 Å². The monoisotopic (exact) mass is 1010 g/mol. The van der Waals surface area contributed by atoms with E-state index in [9.17, 15) is 0 Å². The van der Waals surface area contributed by atoms with E-state index in [0.29, 0.717) is 0 Å². The van der Waals surface area contributed by atoms with Crippen LogP contribution in [0.2, 0.25) is 0 Å². The topological polar surface area (TPSA) is 19.7 Å². The molecule has 4 nitrogen and oxygen atoms in total. The minimum Gasteiger partial charge on any atom is -0.340 e. The van der Waals surface area contributed by atoms with Gasteiger partial charge in [-0.25, -0.2) is 0 Å². The Morgan fingerprint density at radius 2 is 0.474 bits per heavy atom. The Hall–Kier alpha value is -8.60. The lowest BCUT2D eigenvalue weighted by atomic mass is 9.83. The van der Waals surface area contributed by atoms with Gasteiger partial charge in [0.15, 0.2) is 0 Å².